The second-order valence-electron chi connectivity index (χ2n) is 8.22. The normalized spacial score (nSPS) is 22.1. The molecule has 3 aliphatic rings. The van der Waals surface area contributed by atoms with Crippen molar-refractivity contribution in [2.75, 3.05) is 7.11 Å². The summed E-state index contributed by atoms with van der Waals surface area (Å²) >= 11 is 0. The Labute approximate surface area is 183 Å². The lowest BCUT2D eigenvalue weighted by atomic mass is 9.91. The molecule has 6 heteroatoms. The zero-order valence-electron chi connectivity index (χ0n) is 18.1. The molecule has 3 heterocycles. The molecule has 2 amide bonds. The van der Waals surface area contributed by atoms with E-state index in [1.807, 2.05) is 54.6 Å². The average molecular weight is 421 g/mol. The van der Waals surface area contributed by atoms with E-state index in [9.17, 15) is 9.59 Å². The van der Waals surface area contributed by atoms with E-state index in [2.05, 4.69) is 26.0 Å². The maximum absolute atomic E-state index is 13.0. The van der Waals surface area contributed by atoms with E-state index in [0.717, 1.165) is 11.1 Å². The molecule has 0 saturated carbocycles. The Morgan fingerprint density at radius 1 is 1.06 bits per heavy atom. The van der Waals surface area contributed by atoms with E-state index in [0.29, 0.717) is 18.8 Å². The van der Waals surface area contributed by atoms with Crippen LogP contribution in [0.5, 0.6) is 0 Å². The summed E-state index contributed by atoms with van der Waals surface area (Å²) in [6.07, 6.45) is 3.08. The molecule has 1 fully saturated rings. The van der Waals surface area contributed by atoms with Gasteiger partial charge in [0.1, 0.15) is 6.10 Å². The predicted molar refractivity (Wildman–Crippen MR) is 117 cm³/mol. The highest BCUT2D eigenvalue weighted by Crippen LogP contribution is 2.40. The molecule has 2 aromatic carbocycles. The van der Waals surface area contributed by atoms with E-state index in [1.165, 1.54) is 17.7 Å². The molecule has 1 saturated heterocycles. The van der Waals surface area contributed by atoms with Gasteiger partial charge in [0.05, 0.1) is 13.2 Å². The highest BCUT2D eigenvalue weighted by atomic mass is 16.7. The number of aryl methyl sites for hydroxylation is 1. The van der Waals surface area contributed by atoms with Crippen molar-refractivity contribution >= 4 is 12.0 Å². The summed E-state index contributed by atoms with van der Waals surface area (Å²) in [6, 6.07) is 17.7. The topological polar surface area (TPSA) is 59.1 Å². The minimum absolute atomic E-state index is 0.161. The Morgan fingerprint density at radius 3 is 2.55 bits per heavy atom. The molecule has 3 atom stereocenters. The highest BCUT2D eigenvalue weighted by molar-refractivity contribution is 5.78. The van der Waals surface area contributed by atoms with Crippen molar-refractivity contribution < 1.29 is 19.2 Å². The number of hydrogen-bond donors (Lipinski definition) is 0. The maximum Gasteiger partial charge on any atom is 0.412 e. The van der Waals surface area contributed by atoms with Gasteiger partial charge in [0.15, 0.2) is 6.17 Å². The van der Waals surface area contributed by atoms with Crippen LogP contribution in [0.15, 0.2) is 66.7 Å². The van der Waals surface area contributed by atoms with E-state index in [4.69, 9.17) is 9.57 Å². The van der Waals surface area contributed by atoms with Gasteiger partial charge in [-0.15, -0.1) is 0 Å². The molecule has 0 unspecified atom stereocenters. The number of amides is 2. The first-order valence-electron chi connectivity index (χ1n) is 10.7. The summed E-state index contributed by atoms with van der Waals surface area (Å²) in [5.41, 5.74) is 3.23. The fourth-order valence-electron chi connectivity index (χ4n) is 4.20. The Kier molecular flexibility index (Phi) is 6.09. The van der Waals surface area contributed by atoms with Gasteiger partial charge in [0, 0.05) is 6.42 Å². The fourth-order valence-corrected chi connectivity index (χ4v) is 4.20. The molecule has 0 aromatic heterocycles. The molecule has 0 radical (unpaired) electrons. The van der Waals surface area contributed by atoms with Crippen LogP contribution in [-0.4, -0.2) is 41.3 Å². The summed E-state index contributed by atoms with van der Waals surface area (Å²) in [5.74, 6) is 0.200. The number of fused-ring (bicyclic) bond motifs is 2. The third kappa shape index (κ3) is 4.21. The zero-order valence-corrected chi connectivity index (χ0v) is 18.1. The summed E-state index contributed by atoms with van der Waals surface area (Å²) < 4.78 is 5.09. The van der Waals surface area contributed by atoms with E-state index < -0.39 is 18.4 Å². The molecule has 2 aromatic rings. The number of ether oxygens (including phenoxy) is 1. The first-order valence-corrected chi connectivity index (χ1v) is 10.7. The van der Waals surface area contributed by atoms with Gasteiger partial charge < -0.3 is 4.74 Å². The van der Waals surface area contributed by atoms with E-state index >= 15 is 0 Å². The average Bonchev–Trinajstić information content (AvgIpc) is 2.82. The van der Waals surface area contributed by atoms with Crippen molar-refractivity contribution in [2.45, 2.75) is 50.9 Å². The van der Waals surface area contributed by atoms with Crippen LogP contribution in [0.25, 0.3) is 0 Å². The van der Waals surface area contributed by atoms with Crippen LogP contribution in [0.4, 0.5) is 4.79 Å². The van der Waals surface area contributed by atoms with Crippen LogP contribution < -0.4 is 0 Å². The number of benzene rings is 2. The van der Waals surface area contributed by atoms with Gasteiger partial charge in [-0.1, -0.05) is 74.5 Å². The Balaban J connectivity index is 1.58. The molecule has 0 spiro atoms. The Hall–Kier alpha value is -3.12. The predicted octanol–water partition coefficient (Wildman–Crippen LogP) is 4.59. The molecule has 0 N–H and O–H groups in total. The van der Waals surface area contributed by atoms with Gasteiger partial charge in [0.25, 0.3) is 0 Å². The fraction of sp³-hybridized carbons (Fsp3) is 0.360. The van der Waals surface area contributed by atoms with Crippen LogP contribution in [0.1, 0.15) is 48.9 Å². The Bertz CT molecular complexity index is 972. The van der Waals surface area contributed by atoms with Crippen molar-refractivity contribution in [2.24, 2.45) is 0 Å². The van der Waals surface area contributed by atoms with Gasteiger partial charge >= 0.3 is 6.09 Å². The Morgan fingerprint density at radius 2 is 1.84 bits per heavy atom. The van der Waals surface area contributed by atoms with Crippen molar-refractivity contribution in [3.63, 3.8) is 0 Å². The number of hydroxylamine groups is 2. The van der Waals surface area contributed by atoms with Crippen LogP contribution in [0, 0.1) is 0 Å². The lowest BCUT2D eigenvalue weighted by Gasteiger charge is -2.51. The molecular formula is C25H28N2O4. The molecule has 0 aliphatic carbocycles. The SMILES string of the molecule is COC(=O)N1[C@H](c2cccc(C(C)C)c2)[C@@H]2C=C[C@H]1N(C(=O)CCc1ccccc1)O2. The monoisotopic (exact) mass is 420 g/mol. The van der Waals surface area contributed by atoms with Crippen molar-refractivity contribution in [1.29, 1.82) is 0 Å². The number of hydrogen-bond acceptors (Lipinski definition) is 4. The quantitative estimate of drug-likeness (QED) is 0.664. The number of carbonyl (C=O) groups excluding carboxylic acids is 2. The van der Waals surface area contributed by atoms with Gasteiger partial charge in [-0.25, -0.2) is 4.79 Å². The molecule has 162 valence electrons. The van der Waals surface area contributed by atoms with Crippen LogP contribution in [0.3, 0.4) is 0 Å². The first kappa shape index (κ1) is 21.1. The lowest BCUT2D eigenvalue weighted by molar-refractivity contribution is -0.272. The smallest absolute Gasteiger partial charge is 0.412 e. The van der Waals surface area contributed by atoms with Gasteiger partial charge in [-0.2, -0.15) is 5.06 Å². The second-order valence-corrected chi connectivity index (χ2v) is 8.22. The maximum atomic E-state index is 13.0. The van der Waals surface area contributed by atoms with E-state index in [1.54, 1.807) is 4.90 Å². The van der Waals surface area contributed by atoms with Gasteiger partial charge in [0.2, 0.25) is 5.91 Å². The summed E-state index contributed by atoms with van der Waals surface area (Å²) in [6.45, 7) is 4.27. The van der Waals surface area contributed by atoms with Crippen molar-refractivity contribution in [3.8, 4) is 0 Å². The molecule has 6 nitrogen and oxygen atoms in total. The molecule has 3 aliphatic heterocycles. The standard InChI is InChI=1S/C25H28N2O4/c1-17(2)19-10-7-11-20(16-19)24-21-13-14-22(26(24)25(29)30-3)27(31-21)23(28)15-12-18-8-5-4-6-9-18/h4-11,13-14,16-17,21-22,24H,12,15H2,1-3H3/t21-,22+,24+/m0/s1. The summed E-state index contributed by atoms with van der Waals surface area (Å²) in [7, 11) is 1.36. The molecular weight excluding hydrogens is 392 g/mol. The van der Waals surface area contributed by atoms with Crippen molar-refractivity contribution in [1.82, 2.24) is 9.96 Å². The highest BCUT2D eigenvalue weighted by Gasteiger charge is 2.49. The minimum Gasteiger partial charge on any atom is -0.453 e. The largest absolute Gasteiger partial charge is 0.453 e. The van der Waals surface area contributed by atoms with E-state index in [-0.39, 0.29) is 11.9 Å². The molecule has 31 heavy (non-hydrogen) atoms. The minimum atomic E-state index is -0.645. The molecule has 5 rings (SSSR count). The third-order valence-corrected chi connectivity index (χ3v) is 5.86. The van der Waals surface area contributed by atoms with Gasteiger partial charge in [-0.3, -0.25) is 14.5 Å². The van der Waals surface area contributed by atoms with Gasteiger partial charge in [-0.05, 0) is 35.1 Å². The third-order valence-electron chi connectivity index (χ3n) is 5.86. The zero-order chi connectivity index (χ0) is 22.0. The van der Waals surface area contributed by atoms with Crippen LogP contribution >= 0.6 is 0 Å². The summed E-state index contributed by atoms with van der Waals surface area (Å²) in [4.78, 5) is 33.5. The number of nitrogens with zero attached hydrogens (tertiary/aromatic N) is 2. The second kappa shape index (κ2) is 8.94. The van der Waals surface area contributed by atoms with Crippen molar-refractivity contribution in [3.05, 3.63) is 83.4 Å². The number of carbonyl (C=O) groups is 2. The number of methoxy groups -OCH3 is 1. The van der Waals surface area contributed by atoms with Crippen LogP contribution in [-0.2, 0) is 20.8 Å². The van der Waals surface area contributed by atoms with Crippen LogP contribution in [0.2, 0.25) is 0 Å². The lowest BCUT2D eigenvalue weighted by Crippen LogP contribution is -2.63. The first-order chi connectivity index (χ1) is 15.0. The summed E-state index contributed by atoms with van der Waals surface area (Å²) in [5, 5.41) is 1.33. The molecule has 2 bridgehead atoms. The number of rotatable bonds is 5.